The van der Waals surface area contributed by atoms with Crippen molar-refractivity contribution in [2.45, 2.75) is 20.8 Å². The Morgan fingerprint density at radius 2 is 1.40 bits per heavy atom. The predicted octanol–water partition coefficient (Wildman–Crippen LogP) is 7.06. The molecule has 0 aliphatic rings. The monoisotopic (exact) mass is 418 g/mol. The Kier molecular flexibility index (Phi) is 6.33. The second-order valence-corrected chi connectivity index (χ2v) is 7.77. The molecule has 2 aromatic carbocycles. The number of ether oxygens (including phenoxy) is 1. The lowest BCUT2D eigenvalue weighted by molar-refractivity contribution is -0.0332. The fraction of sp³-hybridized carbons (Fsp3) is 0.143. The molecule has 0 aliphatic heterocycles. The molecule has 0 atom stereocenters. The van der Waals surface area contributed by atoms with Crippen LogP contribution in [0, 0.1) is 0 Å². The van der Waals surface area contributed by atoms with Gasteiger partial charge in [0.2, 0.25) is 0 Å². The van der Waals surface area contributed by atoms with E-state index in [1.807, 2.05) is 0 Å². The van der Waals surface area contributed by atoms with Gasteiger partial charge in [0, 0.05) is 20.6 Å². The summed E-state index contributed by atoms with van der Waals surface area (Å²) < 4.78 is 78.8. The molecule has 136 valence electrons. The van der Waals surface area contributed by atoms with Gasteiger partial charge < -0.3 is 9.84 Å². The van der Waals surface area contributed by atoms with E-state index in [0.717, 1.165) is 18.2 Å². The molecule has 0 heterocycles. The number of halogens is 6. The topological polar surface area (TPSA) is 29.5 Å². The molecule has 0 saturated heterocycles. The van der Waals surface area contributed by atoms with Crippen molar-refractivity contribution in [1.82, 2.24) is 0 Å². The van der Waals surface area contributed by atoms with E-state index in [9.17, 15) is 31.4 Å². The van der Waals surface area contributed by atoms with Gasteiger partial charge in [0.1, 0.15) is 5.75 Å². The first-order chi connectivity index (χ1) is 11.5. The largest absolute Gasteiger partial charge is 0.504 e. The molecular formula is C14H8F6O2S3. The average Bonchev–Trinajstić information content (AvgIpc) is 2.48. The third-order valence-corrected chi connectivity index (χ3v) is 5.30. The molecule has 11 heteroatoms. The smallest absolute Gasteiger partial charge is 0.452 e. The summed E-state index contributed by atoms with van der Waals surface area (Å²) in [6.07, 6.45) is 0. The molecule has 0 spiro atoms. The number of hydrogen-bond donors (Lipinski definition) is 1. The van der Waals surface area contributed by atoms with Gasteiger partial charge in [-0.2, -0.15) is 26.3 Å². The van der Waals surface area contributed by atoms with Crippen molar-refractivity contribution in [3.8, 4) is 17.2 Å². The Morgan fingerprint density at radius 3 is 1.96 bits per heavy atom. The van der Waals surface area contributed by atoms with E-state index in [-0.39, 0.29) is 44.7 Å². The Bertz CT molecular complexity index is 716. The van der Waals surface area contributed by atoms with Crippen LogP contribution in [0.4, 0.5) is 26.3 Å². The summed E-state index contributed by atoms with van der Waals surface area (Å²) in [5.74, 6) is -0.400. The normalized spacial score (nSPS) is 12.2. The van der Waals surface area contributed by atoms with Crippen molar-refractivity contribution in [3.63, 3.8) is 0 Å². The molecule has 2 nitrogen and oxygen atoms in total. The fourth-order valence-electron chi connectivity index (χ4n) is 1.56. The Morgan fingerprint density at radius 1 is 0.800 bits per heavy atom. The molecule has 0 saturated carbocycles. The first kappa shape index (κ1) is 20.0. The Labute approximate surface area is 150 Å². The van der Waals surface area contributed by atoms with Gasteiger partial charge in [-0.1, -0.05) is 0 Å². The number of phenolic OH excluding ortho intramolecular Hbond substituents is 1. The van der Waals surface area contributed by atoms with E-state index in [1.54, 1.807) is 0 Å². The Balaban J connectivity index is 2.07. The zero-order valence-electron chi connectivity index (χ0n) is 11.9. The van der Waals surface area contributed by atoms with E-state index >= 15 is 0 Å². The molecule has 0 unspecified atom stereocenters. The maximum absolute atomic E-state index is 12.4. The highest BCUT2D eigenvalue weighted by Crippen LogP contribution is 2.44. The van der Waals surface area contributed by atoms with Crippen LogP contribution in [0.3, 0.4) is 0 Å². The van der Waals surface area contributed by atoms with Crippen LogP contribution < -0.4 is 4.74 Å². The average molecular weight is 418 g/mol. The standard InChI is InChI=1S/C14H8F6O2S3/c15-13(16,17)23-10-5-6-11(21)12(7-10)22-8-1-3-9(4-2-8)24-25-14(18,19)20/h1-7,21H. The highest BCUT2D eigenvalue weighted by molar-refractivity contribution is 8.77. The number of thioether (sulfide) groups is 1. The zero-order chi connectivity index (χ0) is 18.7. The molecule has 0 aromatic heterocycles. The van der Waals surface area contributed by atoms with Gasteiger partial charge in [-0.15, -0.1) is 0 Å². The summed E-state index contributed by atoms with van der Waals surface area (Å²) in [5.41, 5.74) is -8.86. The minimum absolute atomic E-state index is 0.158. The van der Waals surface area contributed by atoms with Gasteiger partial charge >= 0.3 is 11.0 Å². The van der Waals surface area contributed by atoms with Crippen LogP contribution in [0.25, 0.3) is 0 Å². The maximum Gasteiger partial charge on any atom is 0.452 e. The highest BCUT2D eigenvalue weighted by Gasteiger charge is 2.30. The van der Waals surface area contributed by atoms with Crippen LogP contribution in [-0.2, 0) is 0 Å². The summed E-state index contributed by atoms with van der Waals surface area (Å²) in [6.45, 7) is 0. The number of alkyl halides is 6. The summed E-state index contributed by atoms with van der Waals surface area (Å²) >= 11 is -0.358. The zero-order valence-corrected chi connectivity index (χ0v) is 14.3. The quantitative estimate of drug-likeness (QED) is 0.319. The van der Waals surface area contributed by atoms with Gasteiger partial charge in [0.15, 0.2) is 11.5 Å². The molecule has 2 rings (SSSR count). The SMILES string of the molecule is Oc1ccc(SC(F)(F)F)cc1Oc1ccc(SSC(F)(F)F)cc1. The summed E-state index contributed by atoms with van der Waals surface area (Å²) in [5, 5.41) is 9.67. The maximum atomic E-state index is 12.4. The second-order valence-electron chi connectivity index (χ2n) is 4.36. The second kappa shape index (κ2) is 7.92. The fourth-order valence-corrected chi connectivity index (χ4v) is 3.47. The Hall–Kier alpha value is -1.33. The lowest BCUT2D eigenvalue weighted by atomic mass is 10.3. The minimum Gasteiger partial charge on any atom is -0.504 e. The van der Waals surface area contributed by atoms with Crippen molar-refractivity contribution in [1.29, 1.82) is 0 Å². The van der Waals surface area contributed by atoms with Gasteiger partial charge in [-0.05, 0) is 65.0 Å². The molecule has 0 radical (unpaired) electrons. The van der Waals surface area contributed by atoms with Gasteiger partial charge in [0.05, 0.1) is 0 Å². The molecule has 2 aromatic rings. The van der Waals surface area contributed by atoms with Crippen LogP contribution in [0.1, 0.15) is 0 Å². The van der Waals surface area contributed by atoms with Crippen molar-refractivity contribution in [2.75, 3.05) is 0 Å². The van der Waals surface area contributed by atoms with Crippen molar-refractivity contribution >= 4 is 33.3 Å². The van der Waals surface area contributed by atoms with Crippen LogP contribution in [0.5, 0.6) is 17.2 Å². The molecule has 1 N–H and O–H groups in total. The van der Waals surface area contributed by atoms with Crippen LogP contribution in [-0.4, -0.2) is 16.1 Å². The number of phenols is 1. The summed E-state index contributed by atoms with van der Waals surface area (Å²) in [4.78, 5) is 0.148. The lowest BCUT2D eigenvalue weighted by Gasteiger charge is -2.11. The molecule has 0 bridgehead atoms. The highest BCUT2D eigenvalue weighted by atomic mass is 33.1. The van der Waals surface area contributed by atoms with Crippen LogP contribution in [0.2, 0.25) is 0 Å². The number of benzene rings is 2. The summed E-state index contributed by atoms with van der Waals surface area (Å²) in [7, 11) is 0.245. The minimum atomic E-state index is -4.48. The molecule has 0 fully saturated rings. The van der Waals surface area contributed by atoms with E-state index in [0.29, 0.717) is 15.7 Å². The first-order valence-corrected chi connectivity index (χ1v) is 9.27. The molecular weight excluding hydrogens is 410 g/mol. The lowest BCUT2D eigenvalue weighted by Crippen LogP contribution is -1.99. The third kappa shape index (κ3) is 7.20. The third-order valence-electron chi connectivity index (χ3n) is 2.45. The van der Waals surface area contributed by atoms with Gasteiger partial charge in [-0.3, -0.25) is 0 Å². The van der Waals surface area contributed by atoms with E-state index in [4.69, 9.17) is 4.74 Å². The molecule has 25 heavy (non-hydrogen) atoms. The van der Waals surface area contributed by atoms with Gasteiger partial charge in [0.25, 0.3) is 0 Å². The van der Waals surface area contributed by atoms with Crippen LogP contribution in [0.15, 0.2) is 52.3 Å². The van der Waals surface area contributed by atoms with Gasteiger partial charge in [-0.25, -0.2) is 0 Å². The van der Waals surface area contributed by atoms with Crippen LogP contribution >= 0.6 is 33.3 Å². The van der Waals surface area contributed by atoms with Crippen molar-refractivity contribution < 1.29 is 36.2 Å². The number of rotatable bonds is 5. The molecule has 0 amide bonds. The van der Waals surface area contributed by atoms with Crippen molar-refractivity contribution in [2.24, 2.45) is 0 Å². The predicted molar refractivity (Wildman–Crippen MR) is 86.0 cm³/mol. The van der Waals surface area contributed by atoms with Crippen molar-refractivity contribution in [3.05, 3.63) is 42.5 Å². The number of hydrogen-bond acceptors (Lipinski definition) is 5. The number of aromatic hydroxyl groups is 1. The molecule has 0 aliphatic carbocycles. The first-order valence-electron chi connectivity index (χ1n) is 6.31. The van der Waals surface area contributed by atoms with E-state index in [1.165, 1.54) is 24.3 Å². The van der Waals surface area contributed by atoms with E-state index < -0.39 is 11.0 Å². The summed E-state index contributed by atoms with van der Waals surface area (Å²) in [6, 6.07) is 8.61. The van der Waals surface area contributed by atoms with E-state index in [2.05, 4.69) is 0 Å².